The third-order valence-corrected chi connectivity index (χ3v) is 4.18. The lowest BCUT2D eigenvalue weighted by Gasteiger charge is -2.27. The van der Waals surface area contributed by atoms with Crippen molar-refractivity contribution in [3.8, 4) is 0 Å². The van der Waals surface area contributed by atoms with Gasteiger partial charge >= 0.3 is 0 Å². The minimum absolute atomic E-state index is 0.128. The van der Waals surface area contributed by atoms with Gasteiger partial charge in [-0.3, -0.25) is 9.59 Å². The van der Waals surface area contributed by atoms with Gasteiger partial charge in [-0.05, 0) is 25.7 Å². The number of halogens is 1. The summed E-state index contributed by atoms with van der Waals surface area (Å²) in [5.41, 5.74) is -2.31. The van der Waals surface area contributed by atoms with Crippen LogP contribution in [0.4, 0.5) is 4.39 Å². The zero-order valence-electron chi connectivity index (χ0n) is 11.7. The molecule has 100 valence electrons. The predicted octanol–water partition coefficient (Wildman–Crippen LogP) is 3.87. The van der Waals surface area contributed by atoms with Gasteiger partial charge < -0.3 is 0 Å². The van der Waals surface area contributed by atoms with E-state index in [-0.39, 0.29) is 25.0 Å². The molecule has 2 nitrogen and oxygen atoms in total. The fourth-order valence-corrected chi connectivity index (χ4v) is 1.81. The highest BCUT2D eigenvalue weighted by molar-refractivity contribution is 6.04. The van der Waals surface area contributed by atoms with Crippen LogP contribution >= 0.6 is 0 Å². The van der Waals surface area contributed by atoms with Crippen LogP contribution in [0.5, 0.6) is 0 Å². The van der Waals surface area contributed by atoms with E-state index in [1.54, 1.807) is 13.8 Å². The standard InChI is InChI=1S/C14H25FO2/c1-6-13(5,7-2)11(16)10-12(17)14(15,8-3)9-4/h6-10H2,1-5H3. The van der Waals surface area contributed by atoms with Gasteiger partial charge in [0.1, 0.15) is 5.78 Å². The van der Waals surface area contributed by atoms with Crippen LogP contribution in [0.15, 0.2) is 0 Å². The second kappa shape index (κ2) is 6.27. The number of carbonyl (C=O) groups excluding carboxylic acids is 2. The Morgan fingerprint density at radius 3 is 1.59 bits per heavy atom. The second-order valence-electron chi connectivity index (χ2n) is 4.96. The Bertz CT molecular complexity index is 248. The number of Topliss-reactive ketones (excluding diaryl/α,β-unsaturated/α-hetero) is 2. The van der Waals surface area contributed by atoms with Gasteiger partial charge in [-0.1, -0.05) is 34.6 Å². The van der Waals surface area contributed by atoms with Gasteiger partial charge in [0, 0.05) is 5.41 Å². The maximum atomic E-state index is 14.1. The Morgan fingerprint density at radius 1 is 0.882 bits per heavy atom. The average molecular weight is 244 g/mol. The van der Waals surface area contributed by atoms with Gasteiger partial charge in [-0.2, -0.15) is 0 Å². The highest BCUT2D eigenvalue weighted by atomic mass is 19.1. The Labute approximate surface area is 104 Å². The molecule has 0 atom stereocenters. The van der Waals surface area contributed by atoms with Crippen LogP contribution in [0.1, 0.15) is 66.7 Å². The van der Waals surface area contributed by atoms with Crippen LogP contribution in [0, 0.1) is 5.41 Å². The Kier molecular flexibility index (Phi) is 6.00. The highest BCUT2D eigenvalue weighted by Gasteiger charge is 2.38. The first-order valence-corrected chi connectivity index (χ1v) is 6.55. The smallest absolute Gasteiger partial charge is 0.177 e. The Morgan fingerprint density at radius 2 is 1.29 bits per heavy atom. The summed E-state index contributed by atoms with van der Waals surface area (Å²) in [4.78, 5) is 23.8. The lowest BCUT2D eigenvalue weighted by molar-refractivity contribution is -0.139. The van der Waals surface area contributed by atoms with E-state index < -0.39 is 16.9 Å². The zero-order valence-corrected chi connectivity index (χ0v) is 11.7. The summed E-state index contributed by atoms with van der Waals surface area (Å²) in [5, 5.41) is 0. The first-order valence-electron chi connectivity index (χ1n) is 6.55. The Balaban J connectivity index is 4.76. The molecule has 0 aromatic rings. The molecule has 0 heterocycles. The van der Waals surface area contributed by atoms with Crippen molar-refractivity contribution in [2.45, 2.75) is 72.4 Å². The quantitative estimate of drug-likeness (QED) is 0.607. The molecule has 0 aliphatic carbocycles. The molecule has 17 heavy (non-hydrogen) atoms. The molecular weight excluding hydrogens is 219 g/mol. The molecule has 0 aliphatic heterocycles. The van der Waals surface area contributed by atoms with E-state index in [1.807, 2.05) is 20.8 Å². The molecule has 3 heteroatoms. The van der Waals surface area contributed by atoms with Crippen LogP contribution in [0.2, 0.25) is 0 Å². The van der Waals surface area contributed by atoms with Crippen LogP contribution in [-0.4, -0.2) is 17.2 Å². The van der Waals surface area contributed by atoms with Crippen molar-refractivity contribution in [1.82, 2.24) is 0 Å². The number of ketones is 2. The average Bonchev–Trinajstić information content (AvgIpc) is 2.36. The first-order chi connectivity index (χ1) is 7.79. The van der Waals surface area contributed by atoms with E-state index in [0.29, 0.717) is 12.8 Å². The number of hydrogen-bond acceptors (Lipinski definition) is 2. The number of carbonyl (C=O) groups is 2. The summed E-state index contributed by atoms with van der Waals surface area (Å²) >= 11 is 0. The minimum Gasteiger partial charge on any atom is -0.299 e. The summed E-state index contributed by atoms with van der Waals surface area (Å²) in [7, 11) is 0. The molecule has 0 amide bonds. The number of hydrogen-bond donors (Lipinski definition) is 0. The van der Waals surface area contributed by atoms with Crippen LogP contribution in [-0.2, 0) is 9.59 Å². The molecule has 0 aromatic carbocycles. The molecule has 0 fully saturated rings. The van der Waals surface area contributed by atoms with Crippen LogP contribution in [0.25, 0.3) is 0 Å². The normalized spacial score (nSPS) is 12.6. The molecule has 0 aliphatic rings. The highest BCUT2D eigenvalue weighted by Crippen LogP contribution is 2.30. The summed E-state index contributed by atoms with van der Waals surface area (Å²) in [6, 6.07) is 0. The molecule has 0 rings (SSSR count). The van der Waals surface area contributed by atoms with Crippen molar-refractivity contribution in [2.75, 3.05) is 0 Å². The van der Waals surface area contributed by atoms with Gasteiger partial charge in [0.15, 0.2) is 11.5 Å². The maximum absolute atomic E-state index is 14.1. The van der Waals surface area contributed by atoms with E-state index >= 15 is 0 Å². The number of alkyl halides is 1. The summed E-state index contributed by atoms with van der Waals surface area (Å²) < 4.78 is 14.1. The van der Waals surface area contributed by atoms with Gasteiger partial charge in [0.25, 0.3) is 0 Å². The molecule has 0 bridgehead atoms. The van der Waals surface area contributed by atoms with E-state index in [9.17, 15) is 14.0 Å². The summed E-state index contributed by atoms with van der Waals surface area (Å²) in [5.74, 6) is -0.683. The van der Waals surface area contributed by atoms with Crippen molar-refractivity contribution < 1.29 is 14.0 Å². The zero-order chi connectivity index (χ0) is 13.7. The molecule has 0 saturated heterocycles. The van der Waals surface area contributed by atoms with E-state index in [0.717, 1.165) is 0 Å². The molecule has 0 saturated carbocycles. The molecule has 0 N–H and O–H groups in total. The van der Waals surface area contributed by atoms with Crippen LogP contribution < -0.4 is 0 Å². The predicted molar refractivity (Wildman–Crippen MR) is 67.7 cm³/mol. The molecular formula is C14H25FO2. The second-order valence-corrected chi connectivity index (χ2v) is 4.96. The van der Waals surface area contributed by atoms with Gasteiger partial charge in [0.05, 0.1) is 6.42 Å². The molecule has 0 aromatic heterocycles. The molecule has 0 radical (unpaired) electrons. The fraction of sp³-hybridized carbons (Fsp3) is 0.857. The van der Waals surface area contributed by atoms with Crippen LogP contribution in [0.3, 0.4) is 0 Å². The van der Waals surface area contributed by atoms with Gasteiger partial charge in [-0.25, -0.2) is 4.39 Å². The van der Waals surface area contributed by atoms with E-state index in [1.165, 1.54) is 0 Å². The summed E-state index contributed by atoms with van der Waals surface area (Å²) in [6.07, 6.45) is 1.39. The largest absolute Gasteiger partial charge is 0.299 e. The summed E-state index contributed by atoms with van der Waals surface area (Å²) in [6.45, 7) is 8.98. The number of rotatable bonds is 8. The Hall–Kier alpha value is -0.730. The topological polar surface area (TPSA) is 34.1 Å². The third kappa shape index (κ3) is 3.62. The van der Waals surface area contributed by atoms with Crippen molar-refractivity contribution in [2.24, 2.45) is 5.41 Å². The lowest BCUT2D eigenvalue weighted by atomic mass is 9.77. The lowest BCUT2D eigenvalue weighted by Crippen LogP contribution is -2.37. The van der Waals surface area contributed by atoms with Crippen molar-refractivity contribution >= 4 is 11.6 Å². The van der Waals surface area contributed by atoms with Crippen molar-refractivity contribution in [1.29, 1.82) is 0 Å². The van der Waals surface area contributed by atoms with E-state index in [2.05, 4.69) is 0 Å². The SMILES string of the molecule is CCC(C)(CC)C(=O)CC(=O)C(F)(CC)CC. The molecule has 0 unspecified atom stereocenters. The van der Waals surface area contributed by atoms with Gasteiger partial charge in [0.2, 0.25) is 0 Å². The molecule has 0 spiro atoms. The van der Waals surface area contributed by atoms with Crippen molar-refractivity contribution in [3.05, 3.63) is 0 Å². The third-order valence-electron chi connectivity index (χ3n) is 4.18. The first kappa shape index (κ1) is 16.3. The maximum Gasteiger partial charge on any atom is 0.177 e. The van der Waals surface area contributed by atoms with Crippen molar-refractivity contribution in [3.63, 3.8) is 0 Å². The van der Waals surface area contributed by atoms with Gasteiger partial charge in [-0.15, -0.1) is 0 Å². The fourth-order valence-electron chi connectivity index (χ4n) is 1.81. The minimum atomic E-state index is -1.82. The van der Waals surface area contributed by atoms with E-state index in [4.69, 9.17) is 0 Å². The monoisotopic (exact) mass is 244 g/mol.